The zero-order chi connectivity index (χ0) is 9.46. The fraction of sp³-hybridized carbons (Fsp3) is 1.00. The van der Waals surface area contributed by atoms with E-state index in [1.54, 1.807) is 0 Å². The van der Waals surface area contributed by atoms with Gasteiger partial charge in [-0.05, 0) is 0 Å². The molecule has 8 heteroatoms. The molecule has 0 saturated heterocycles. The Bertz CT molecular complexity index is 114. The average Bonchev–Trinajstić information content (AvgIpc) is 2.08. The van der Waals surface area contributed by atoms with Crippen LogP contribution in [0.15, 0.2) is 0 Å². The first kappa shape index (κ1) is 18.8. The van der Waals surface area contributed by atoms with Crippen LogP contribution in [0.4, 0.5) is 4.70 Å². The molecular formula is C6H10Cl6FSb. The van der Waals surface area contributed by atoms with Gasteiger partial charge in [0.05, 0.1) is 32.3 Å². The monoisotopic (exact) mass is 432 g/mol. The first-order valence-electron chi connectivity index (χ1n) is 3.31. The van der Waals surface area contributed by atoms with Gasteiger partial charge in [0.25, 0.3) is 0 Å². The van der Waals surface area contributed by atoms with E-state index in [1.165, 1.54) is 0 Å². The molecule has 0 N–H and O–H groups in total. The van der Waals surface area contributed by atoms with Gasteiger partial charge in [-0.15, -0.1) is 69.6 Å². The van der Waals surface area contributed by atoms with Crippen molar-refractivity contribution < 1.29 is 4.70 Å². The van der Waals surface area contributed by atoms with E-state index in [1.807, 2.05) is 0 Å². The number of hydrogen-bond acceptors (Lipinski definition) is 0. The third kappa shape index (κ3) is 3.76. The standard InChI is InChI=1S/C6H6Cl6.FH.Sb.3H/c7-1-2(8)4(10)6(12)5(11)3(1)9;;;;;/h1-6H;1H;;;;/t1-,2-,3-,4+,5+,6+;;;;;. The molecule has 0 aliphatic heterocycles. The maximum atomic E-state index is 5.88. The van der Waals surface area contributed by atoms with Crippen LogP contribution < -0.4 is 0 Å². The SMILES string of the molecule is Cl[C@H]1[C@H](Cl)[C@@H](Cl)[C@@H](Cl)[C@H](Cl)[C@H]1Cl.F.[SbH3]. The van der Waals surface area contributed by atoms with Gasteiger partial charge in [0.2, 0.25) is 0 Å². The van der Waals surface area contributed by atoms with Crippen LogP contribution in [0.3, 0.4) is 0 Å². The van der Waals surface area contributed by atoms with Gasteiger partial charge in [-0.2, -0.15) is 0 Å². The predicted molar refractivity (Wildman–Crippen MR) is 70.3 cm³/mol. The van der Waals surface area contributed by atoms with E-state index in [0.29, 0.717) is 0 Å². The van der Waals surface area contributed by atoms with Crippen molar-refractivity contribution in [2.24, 2.45) is 0 Å². The van der Waals surface area contributed by atoms with Crippen molar-refractivity contribution in [3.8, 4) is 0 Å². The third-order valence-electron chi connectivity index (χ3n) is 1.83. The molecule has 0 unspecified atom stereocenters. The fourth-order valence-electron chi connectivity index (χ4n) is 1.05. The summed E-state index contributed by atoms with van der Waals surface area (Å²) in [4.78, 5) is 0. The quantitative estimate of drug-likeness (QED) is 0.405. The molecule has 0 nitrogen and oxygen atoms in total. The molecule has 0 spiro atoms. The molecule has 0 bridgehead atoms. The van der Waals surface area contributed by atoms with Crippen LogP contribution in [0.5, 0.6) is 0 Å². The molecule has 1 aliphatic rings. The van der Waals surface area contributed by atoms with Gasteiger partial charge < -0.3 is 0 Å². The van der Waals surface area contributed by atoms with Crippen LogP contribution in [0.25, 0.3) is 0 Å². The van der Waals surface area contributed by atoms with Gasteiger partial charge in [-0.3, -0.25) is 4.70 Å². The van der Waals surface area contributed by atoms with Crippen LogP contribution in [-0.4, -0.2) is 56.7 Å². The van der Waals surface area contributed by atoms with Gasteiger partial charge in [0.1, 0.15) is 0 Å². The Hall–Kier alpha value is 2.49. The molecule has 1 aliphatic carbocycles. The zero-order valence-electron chi connectivity index (χ0n) is 6.85. The molecule has 0 amide bonds. The minimum atomic E-state index is -0.437. The summed E-state index contributed by atoms with van der Waals surface area (Å²) < 4.78 is 0. The van der Waals surface area contributed by atoms with E-state index in [2.05, 4.69) is 0 Å². The number of hydrogen-bond donors (Lipinski definition) is 0. The van der Waals surface area contributed by atoms with Crippen LogP contribution in [0, 0.1) is 0 Å². The van der Waals surface area contributed by atoms with E-state index in [9.17, 15) is 0 Å². The predicted octanol–water partition coefficient (Wildman–Crippen LogP) is 2.61. The van der Waals surface area contributed by atoms with Crippen molar-refractivity contribution in [2.75, 3.05) is 0 Å². The molecule has 0 aromatic heterocycles. The summed E-state index contributed by atoms with van der Waals surface area (Å²) in [5.74, 6) is 0. The van der Waals surface area contributed by atoms with Crippen molar-refractivity contribution in [2.45, 2.75) is 32.3 Å². The maximum absolute atomic E-state index is 5.88. The second kappa shape index (κ2) is 7.74. The van der Waals surface area contributed by atoms with Crippen LogP contribution in [0.2, 0.25) is 0 Å². The topological polar surface area (TPSA) is 0 Å². The first-order valence-corrected chi connectivity index (χ1v) is 5.93. The normalized spacial score (nSPS) is 47.6. The van der Waals surface area contributed by atoms with Gasteiger partial charge in [-0.1, -0.05) is 0 Å². The summed E-state index contributed by atoms with van der Waals surface area (Å²) in [5, 5.41) is -2.62. The molecule has 1 fully saturated rings. The van der Waals surface area contributed by atoms with Crippen molar-refractivity contribution in [3.05, 3.63) is 0 Å². The van der Waals surface area contributed by atoms with Crippen LogP contribution in [0.1, 0.15) is 0 Å². The van der Waals surface area contributed by atoms with Gasteiger partial charge in [0, 0.05) is 0 Å². The van der Waals surface area contributed by atoms with Gasteiger partial charge in [-0.25, -0.2) is 0 Å². The van der Waals surface area contributed by atoms with E-state index in [-0.39, 0.29) is 29.1 Å². The summed E-state index contributed by atoms with van der Waals surface area (Å²) in [5.41, 5.74) is 0. The molecule has 0 heterocycles. The Labute approximate surface area is 130 Å². The van der Waals surface area contributed by atoms with E-state index in [0.717, 1.165) is 0 Å². The Balaban J connectivity index is 0. The summed E-state index contributed by atoms with van der Waals surface area (Å²) in [7, 11) is 0. The molecule has 14 heavy (non-hydrogen) atoms. The van der Waals surface area contributed by atoms with E-state index >= 15 is 0 Å². The summed E-state index contributed by atoms with van der Waals surface area (Å²) >= 11 is 35.3. The third-order valence-corrected chi connectivity index (χ3v) is 5.86. The molecule has 1 rings (SSSR count). The van der Waals surface area contributed by atoms with Crippen molar-refractivity contribution in [1.29, 1.82) is 0 Å². The molecule has 0 aromatic carbocycles. The van der Waals surface area contributed by atoms with E-state index < -0.39 is 32.3 Å². The minimum absolute atomic E-state index is 0. The Morgan fingerprint density at radius 3 is 0.571 bits per heavy atom. The zero-order valence-corrected chi connectivity index (χ0v) is 15.4. The summed E-state index contributed by atoms with van der Waals surface area (Å²) in [6.45, 7) is 0. The fourth-order valence-corrected chi connectivity index (χ4v) is 3.38. The van der Waals surface area contributed by atoms with Crippen molar-refractivity contribution in [3.63, 3.8) is 0 Å². The molecule has 88 valence electrons. The number of halogens is 7. The molecular weight excluding hydrogens is 426 g/mol. The summed E-state index contributed by atoms with van der Waals surface area (Å²) in [6, 6.07) is 0. The Morgan fingerprint density at radius 2 is 0.500 bits per heavy atom. The first-order chi connectivity index (χ1) is 5.46. The van der Waals surface area contributed by atoms with Gasteiger partial charge >= 0.3 is 24.4 Å². The number of alkyl halides is 6. The van der Waals surface area contributed by atoms with Crippen molar-refractivity contribution in [1.82, 2.24) is 0 Å². The Kier molecular flexibility index (Phi) is 10.4. The molecule has 0 aromatic rings. The molecule has 0 radical (unpaired) electrons. The molecule has 0 atom stereocenters. The van der Waals surface area contributed by atoms with Crippen LogP contribution in [-0.2, 0) is 0 Å². The summed E-state index contributed by atoms with van der Waals surface area (Å²) in [6.07, 6.45) is 0. The van der Waals surface area contributed by atoms with Gasteiger partial charge in [0.15, 0.2) is 0 Å². The van der Waals surface area contributed by atoms with E-state index in [4.69, 9.17) is 69.6 Å². The second-order valence-corrected chi connectivity index (χ2v) is 5.69. The molecule has 1 saturated carbocycles. The van der Waals surface area contributed by atoms with Crippen molar-refractivity contribution >= 4 is 94.0 Å². The number of rotatable bonds is 0. The average molecular weight is 436 g/mol. The second-order valence-electron chi connectivity index (χ2n) is 2.67. The van der Waals surface area contributed by atoms with Crippen LogP contribution >= 0.6 is 69.6 Å². The Morgan fingerprint density at radius 1 is 0.429 bits per heavy atom.